The molecule has 1 unspecified atom stereocenters. The minimum absolute atomic E-state index is 0.266. The number of thiazole rings is 1. The lowest BCUT2D eigenvalue weighted by molar-refractivity contribution is 0.178. The van der Waals surface area contributed by atoms with Gasteiger partial charge in [-0.05, 0) is 23.8 Å². The highest BCUT2D eigenvalue weighted by Crippen LogP contribution is 2.27. The van der Waals surface area contributed by atoms with Crippen molar-refractivity contribution in [1.82, 2.24) is 9.55 Å². The standard InChI is InChI=1S/C16H14ClFN2OS/c1-20-8-10(6-14(21)16-19-15(17)9-22-16)5-13(20)11-3-2-4-12(18)7-11/h2-5,7-9,14,21H,6H2,1H3. The monoisotopic (exact) mass is 336 g/mol. The van der Waals surface area contributed by atoms with E-state index in [9.17, 15) is 9.50 Å². The summed E-state index contributed by atoms with van der Waals surface area (Å²) >= 11 is 7.12. The maximum atomic E-state index is 13.4. The van der Waals surface area contributed by atoms with Crippen LogP contribution in [0.4, 0.5) is 4.39 Å². The molecule has 3 nitrogen and oxygen atoms in total. The second-order valence-electron chi connectivity index (χ2n) is 5.08. The second-order valence-corrected chi connectivity index (χ2v) is 6.36. The normalized spacial score (nSPS) is 12.5. The average Bonchev–Trinajstić information content (AvgIpc) is 3.05. The molecule has 0 bridgehead atoms. The van der Waals surface area contributed by atoms with Crippen molar-refractivity contribution in [3.8, 4) is 11.3 Å². The smallest absolute Gasteiger partial charge is 0.140 e. The molecular weight excluding hydrogens is 323 g/mol. The highest BCUT2D eigenvalue weighted by Gasteiger charge is 2.15. The van der Waals surface area contributed by atoms with Gasteiger partial charge < -0.3 is 9.67 Å². The van der Waals surface area contributed by atoms with Gasteiger partial charge in [-0.1, -0.05) is 23.7 Å². The molecule has 3 rings (SSSR count). The molecule has 22 heavy (non-hydrogen) atoms. The molecule has 114 valence electrons. The minimum Gasteiger partial charge on any atom is -0.386 e. The summed E-state index contributed by atoms with van der Waals surface area (Å²) in [5, 5.41) is 12.9. The Balaban J connectivity index is 1.83. The third-order valence-corrected chi connectivity index (χ3v) is 4.66. The molecule has 0 aliphatic heterocycles. The molecule has 1 aromatic carbocycles. The maximum absolute atomic E-state index is 13.4. The van der Waals surface area contributed by atoms with Crippen molar-refractivity contribution >= 4 is 22.9 Å². The number of hydrogen-bond acceptors (Lipinski definition) is 3. The predicted octanol–water partition coefficient (Wildman–Crippen LogP) is 4.22. The highest BCUT2D eigenvalue weighted by atomic mass is 35.5. The van der Waals surface area contributed by atoms with Crippen molar-refractivity contribution < 1.29 is 9.50 Å². The summed E-state index contributed by atoms with van der Waals surface area (Å²) in [5.41, 5.74) is 2.67. The van der Waals surface area contributed by atoms with Crippen molar-refractivity contribution in [3.05, 3.63) is 63.5 Å². The minimum atomic E-state index is -0.694. The van der Waals surface area contributed by atoms with Gasteiger partial charge in [0.05, 0.1) is 0 Å². The van der Waals surface area contributed by atoms with Gasteiger partial charge in [-0.25, -0.2) is 9.37 Å². The van der Waals surface area contributed by atoms with Crippen LogP contribution in [0.15, 0.2) is 41.9 Å². The number of aryl methyl sites for hydroxylation is 1. The fraction of sp³-hybridized carbons (Fsp3) is 0.188. The maximum Gasteiger partial charge on any atom is 0.140 e. The van der Waals surface area contributed by atoms with Gasteiger partial charge >= 0.3 is 0 Å². The number of rotatable bonds is 4. The Hall–Kier alpha value is -1.69. The van der Waals surface area contributed by atoms with E-state index in [-0.39, 0.29) is 5.82 Å². The Morgan fingerprint density at radius 3 is 2.91 bits per heavy atom. The number of nitrogens with zero attached hydrogens (tertiary/aromatic N) is 2. The Morgan fingerprint density at radius 2 is 2.23 bits per heavy atom. The zero-order valence-corrected chi connectivity index (χ0v) is 13.4. The van der Waals surface area contributed by atoms with Gasteiger partial charge in [0.25, 0.3) is 0 Å². The molecule has 1 N–H and O–H groups in total. The fourth-order valence-corrected chi connectivity index (χ4v) is 3.35. The summed E-state index contributed by atoms with van der Waals surface area (Å²) in [6.45, 7) is 0. The van der Waals surface area contributed by atoms with Crippen molar-refractivity contribution in [1.29, 1.82) is 0 Å². The fourth-order valence-electron chi connectivity index (χ4n) is 2.41. The van der Waals surface area contributed by atoms with E-state index < -0.39 is 6.10 Å². The summed E-state index contributed by atoms with van der Waals surface area (Å²) < 4.78 is 15.3. The summed E-state index contributed by atoms with van der Waals surface area (Å²) in [6.07, 6.45) is 1.67. The van der Waals surface area contributed by atoms with Gasteiger partial charge in [0.15, 0.2) is 0 Å². The average molecular weight is 337 g/mol. The number of aliphatic hydroxyl groups excluding tert-OH is 1. The molecule has 0 spiro atoms. The Kier molecular flexibility index (Phi) is 4.29. The van der Waals surface area contributed by atoms with Crippen molar-refractivity contribution in [2.24, 2.45) is 7.05 Å². The summed E-state index contributed by atoms with van der Waals surface area (Å²) in [6, 6.07) is 8.41. The van der Waals surface area contributed by atoms with Crippen LogP contribution in [0.25, 0.3) is 11.3 Å². The van der Waals surface area contributed by atoms with Crippen LogP contribution in [-0.4, -0.2) is 14.7 Å². The van der Waals surface area contributed by atoms with E-state index in [1.54, 1.807) is 11.4 Å². The zero-order chi connectivity index (χ0) is 15.7. The van der Waals surface area contributed by atoms with Crippen LogP contribution in [0, 0.1) is 5.82 Å². The van der Waals surface area contributed by atoms with E-state index in [4.69, 9.17) is 11.6 Å². The van der Waals surface area contributed by atoms with Crippen molar-refractivity contribution in [3.63, 3.8) is 0 Å². The Bertz CT molecular complexity index is 799. The molecular formula is C16H14ClFN2OS. The number of hydrogen-bond donors (Lipinski definition) is 1. The molecule has 0 amide bonds. The van der Waals surface area contributed by atoms with Crippen LogP contribution in [0.3, 0.4) is 0 Å². The first-order valence-corrected chi connectivity index (χ1v) is 7.99. The van der Waals surface area contributed by atoms with Gasteiger partial charge in [-0.15, -0.1) is 11.3 Å². The van der Waals surface area contributed by atoms with Crippen molar-refractivity contribution in [2.45, 2.75) is 12.5 Å². The first-order chi connectivity index (χ1) is 10.5. The number of aliphatic hydroxyl groups is 1. The van der Waals surface area contributed by atoms with Crippen LogP contribution in [-0.2, 0) is 13.5 Å². The number of halogens is 2. The molecule has 0 aliphatic carbocycles. The summed E-state index contributed by atoms with van der Waals surface area (Å²) in [7, 11) is 1.90. The van der Waals surface area contributed by atoms with Gasteiger partial charge in [-0.3, -0.25) is 0 Å². The van der Waals surface area contributed by atoms with Gasteiger partial charge in [0.2, 0.25) is 0 Å². The molecule has 2 heterocycles. The molecule has 2 aromatic heterocycles. The van der Waals surface area contributed by atoms with Crippen LogP contribution in [0.2, 0.25) is 5.15 Å². The van der Waals surface area contributed by atoms with E-state index in [2.05, 4.69) is 4.98 Å². The third kappa shape index (κ3) is 3.21. The van der Waals surface area contributed by atoms with E-state index in [1.165, 1.54) is 23.5 Å². The number of benzene rings is 1. The van der Waals surface area contributed by atoms with Gasteiger partial charge in [-0.2, -0.15) is 0 Å². The Labute approximate surface area is 136 Å². The largest absolute Gasteiger partial charge is 0.386 e. The van der Waals surface area contributed by atoms with Crippen molar-refractivity contribution in [2.75, 3.05) is 0 Å². The molecule has 0 saturated heterocycles. The van der Waals surface area contributed by atoms with E-state index >= 15 is 0 Å². The lowest BCUT2D eigenvalue weighted by Crippen LogP contribution is -2.00. The van der Waals surface area contributed by atoms with E-state index in [0.717, 1.165) is 16.8 Å². The molecule has 6 heteroatoms. The van der Waals surface area contributed by atoms with Crippen LogP contribution >= 0.6 is 22.9 Å². The first-order valence-electron chi connectivity index (χ1n) is 6.73. The van der Waals surface area contributed by atoms with E-state index in [0.29, 0.717) is 16.6 Å². The summed E-state index contributed by atoms with van der Waals surface area (Å²) in [5.74, 6) is -0.266. The first kappa shape index (κ1) is 15.2. The van der Waals surface area contributed by atoms with Crippen LogP contribution in [0.5, 0.6) is 0 Å². The molecule has 0 fully saturated rings. The highest BCUT2D eigenvalue weighted by molar-refractivity contribution is 7.10. The molecule has 1 atom stereocenters. The van der Waals surface area contributed by atoms with Gasteiger partial charge in [0.1, 0.15) is 22.1 Å². The number of aromatic nitrogens is 2. The van der Waals surface area contributed by atoms with Crippen LogP contribution < -0.4 is 0 Å². The van der Waals surface area contributed by atoms with Gasteiger partial charge in [0, 0.05) is 36.3 Å². The summed E-state index contributed by atoms with van der Waals surface area (Å²) in [4.78, 5) is 4.08. The second kappa shape index (κ2) is 6.20. The predicted molar refractivity (Wildman–Crippen MR) is 86.6 cm³/mol. The molecule has 0 aliphatic rings. The third-order valence-electron chi connectivity index (χ3n) is 3.39. The molecule has 0 radical (unpaired) electrons. The van der Waals surface area contributed by atoms with E-state index in [1.807, 2.05) is 29.9 Å². The Morgan fingerprint density at radius 1 is 1.41 bits per heavy atom. The molecule has 0 saturated carbocycles. The SMILES string of the molecule is Cn1cc(CC(O)c2nc(Cl)cs2)cc1-c1cccc(F)c1. The zero-order valence-electron chi connectivity index (χ0n) is 11.8. The topological polar surface area (TPSA) is 38.0 Å². The quantitative estimate of drug-likeness (QED) is 0.774. The lowest BCUT2D eigenvalue weighted by atomic mass is 10.1. The lowest BCUT2D eigenvalue weighted by Gasteiger charge is -2.04. The van der Waals surface area contributed by atoms with Crippen LogP contribution in [0.1, 0.15) is 16.7 Å². The molecule has 3 aromatic rings.